The molecule has 140 heavy (non-hydrogen) atoms. The number of amides is 3. The smallest absolute Gasteiger partial charge is 0.411 e. The highest BCUT2D eigenvalue weighted by molar-refractivity contribution is 5.80. The number of anilines is 10. The van der Waals surface area contributed by atoms with Crippen LogP contribution in [0, 0.1) is 13.8 Å². The number of carbonyl (C=O) groups excluding carboxylic acids is 3. The number of rotatable bonds is 21. The zero-order chi connectivity index (χ0) is 96.9. The van der Waals surface area contributed by atoms with Gasteiger partial charge in [0.15, 0.2) is 0 Å². The Labute approximate surface area is 821 Å². The van der Waals surface area contributed by atoms with Crippen LogP contribution in [0.5, 0.6) is 0 Å². The number of ether oxygens (including phenoxy) is 3. The summed E-state index contributed by atoms with van der Waals surface area (Å²) in [4.78, 5) is 114. The summed E-state index contributed by atoms with van der Waals surface area (Å²) in [6.45, 7) is 31.7. The lowest BCUT2D eigenvalue weighted by atomic mass is 10.1. The van der Waals surface area contributed by atoms with Crippen LogP contribution in [-0.4, -0.2) is 242 Å². The molecule has 5 aromatic heterocycles. The fraction of sp³-hybridized carbons (Fsp3) is 0.367. The molecule has 10 aliphatic heterocycles. The molecule has 1 N–H and O–H groups in total. The van der Waals surface area contributed by atoms with E-state index >= 15 is 0 Å². The first-order valence-corrected chi connectivity index (χ1v) is 48.4. The molecule has 31 nitrogen and oxygen atoms in total. The summed E-state index contributed by atoms with van der Waals surface area (Å²) in [5.41, 5.74) is 16.3. The van der Waals surface area contributed by atoms with Gasteiger partial charge in [0.25, 0.3) is 0 Å². The Balaban J connectivity index is 0.000000116. The highest BCUT2D eigenvalue weighted by Gasteiger charge is 2.45. The standard InChI is InChI=1S/C25H29N5.C23H29N5O2.C23H25N5.C20H23N5O2.C18H21N5O2/c1-18-9-19(2)11-21(10-18)13-30-15-22-14-29(22)16-23-24(26-17-27-25(23)30)28(3)12-20-7-5-4-6-8-20;1-23(2,3)30-22(29)28-15-19-20(26(4)13-17-9-6-5-7-10-17)24-16-25-21(19)27-12-8-11-18(28)14-27;1-26(12-18-8-4-2-5-9-18)22-21-16-27-14-20(27)15-28(23(21)25-17-24-22)13-19-10-6-3-7-11-19;1-3-9-24-11-16-13-27-20(26)25(16)12-17-18(21-14-22-19(17)24)23(2)10-15-7-5-4-6-8-15;1-22(8-13-5-3-2-4-6-13)18-15-9-23-14(10-25-11-16(23)24)7-19-17(15)20-12-21-18/h4-11,17,22H,12-16H2,1-3H3;5-11,16,18H,12-15H2,1-4H3;2-11,17,20H,12-16H2,1H3;3-8,14,16H,1,9-13H2,2H3;2-6,12,14H,7-11H2,1H3,(H,19,20,21)/t22-,29?;18-;20-,27?;16-;14-/m11100/s1. The van der Waals surface area contributed by atoms with Crippen LogP contribution in [0.1, 0.15) is 98.7 Å². The minimum Gasteiger partial charge on any atom is -0.447 e. The van der Waals surface area contributed by atoms with Gasteiger partial charge in [0.05, 0.1) is 72.2 Å². The average molecular weight is 1880 g/mol. The van der Waals surface area contributed by atoms with Gasteiger partial charge in [0.2, 0.25) is 5.91 Å². The van der Waals surface area contributed by atoms with E-state index in [9.17, 15) is 14.4 Å². The van der Waals surface area contributed by atoms with Crippen LogP contribution in [0.2, 0.25) is 0 Å². The highest BCUT2D eigenvalue weighted by atomic mass is 16.6. The highest BCUT2D eigenvalue weighted by Crippen LogP contribution is 2.42. The fourth-order valence-electron chi connectivity index (χ4n) is 20.0. The number of hydrogen-bond donors (Lipinski definition) is 1. The molecule has 31 heteroatoms. The molecule has 2 bridgehead atoms. The van der Waals surface area contributed by atoms with Gasteiger partial charge in [-0.15, -0.1) is 6.58 Å². The topological polar surface area (TPSA) is 265 Å². The number of cyclic esters (lactones) is 1. The third-order valence-electron chi connectivity index (χ3n) is 26.7. The van der Waals surface area contributed by atoms with Crippen LogP contribution in [0.3, 0.4) is 0 Å². The molecule has 15 heterocycles. The van der Waals surface area contributed by atoms with Gasteiger partial charge in [0, 0.05) is 165 Å². The molecule has 22 rings (SSSR count). The first kappa shape index (κ1) is 95.6. The summed E-state index contributed by atoms with van der Waals surface area (Å²) in [6, 6.07) is 70.7. The molecule has 4 saturated heterocycles. The maximum absolute atomic E-state index is 13.0. The summed E-state index contributed by atoms with van der Waals surface area (Å²) >= 11 is 0. The number of fused-ring (bicyclic) bond motifs is 12. The Morgan fingerprint density at radius 2 is 0.843 bits per heavy atom. The maximum atomic E-state index is 13.0. The Bertz CT molecular complexity index is 6280. The van der Waals surface area contributed by atoms with Crippen molar-refractivity contribution in [3.05, 3.63) is 335 Å². The first-order valence-electron chi connectivity index (χ1n) is 48.4. The molecule has 2 unspecified atom stereocenters. The number of carbonyl (C=O) groups is 3. The van der Waals surface area contributed by atoms with Crippen LogP contribution in [0.4, 0.5) is 67.8 Å². The molecule has 0 saturated carbocycles. The van der Waals surface area contributed by atoms with E-state index in [1.807, 2.05) is 107 Å². The van der Waals surface area contributed by atoms with Gasteiger partial charge in [-0.25, -0.2) is 59.4 Å². The van der Waals surface area contributed by atoms with Gasteiger partial charge in [-0.2, -0.15) is 0 Å². The van der Waals surface area contributed by atoms with Crippen LogP contribution in [0.25, 0.3) is 0 Å². The molecular formula is C109H127N25O6. The number of nitrogens with zero attached hydrogens (tertiary/aromatic N) is 24. The van der Waals surface area contributed by atoms with E-state index in [0.29, 0.717) is 71.1 Å². The molecule has 4 fully saturated rings. The van der Waals surface area contributed by atoms with Crippen LogP contribution < -0.4 is 49.4 Å². The van der Waals surface area contributed by atoms with E-state index in [-0.39, 0.29) is 42.8 Å². The SMILES string of the molecule is C=CCN1C[C@H]2COC(=O)N2Cc2c(N(C)Cc3ccccc3)ncnc21.CN(Cc1ccccc1)c1ncnc2c1CN(C(=O)OC(C)(C)C)[C@@H]1C=CCN2C1.CN(Cc1ccccc1)c1ncnc2c1CN1C(=O)COC[C@@H]1CN2.CN(Cc1ccccc1)c1ncnc2c1CN1C[C@@H]1CN2Cc1ccccc1.Cc1cc(C)cc(CN2C[C@H]3CN3Cc3c(N(C)Cc4ccccc4)ncnc32)c1. The number of nitrogens with one attached hydrogen (secondary N) is 1. The van der Waals surface area contributed by atoms with Crippen molar-refractivity contribution in [2.24, 2.45) is 0 Å². The minimum absolute atomic E-state index is 0.0129. The largest absolute Gasteiger partial charge is 0.447 e. The molecule has 3 amide bonds. The van der Waals surface area contributed by atoms with E-state index in [2.05, 4.69) is 286 Å². The zero-order valence-electron chi connectivity index (χ0n) is 81.9. The molecule has 0 aliphatic carbocycles. The molecule has 7 atom stereocenters. The van der Waals surface area contributed by atoms with Crippen LogP contribution in [0.15, 0.2) is 257 Å². The predicted molar refractivity (Wildman–Crippen MR) is 549 cm³/mol. The molecule has 12 aromatic rings. The summed E-state index contributed by atoms with van der Waals surface area (Å²) in [7, 11) is 10.3. The molecule has 0 radical (unpaired) electrons. The van der Waals surface area contributed by atoms with Gasteiger partial charge in [0.1, 0.15) is 109 Å². The van der Waals surface area contributed by atoms with E-state index < -0.39 is 5.60 Å². The van der Waals surface area contributed by atoms with E-state index in [1.165, 1.54) is 74.3 Å². The van der Waals surface area contributed by atoms with Gasteiger partial charge in [-0.3, -0.25) is 24.4 Å². The van der Waals surface area contributed by atoms with Crippen LogP contribution in [-0.2, 0) is 97.5 Å². The number of benzene rings is 7. The Hall–Kier alpha value is -14.7. The monoisotopic (exact) mass is 1880 g/mol. The third-order valence-corrected chi connectivity index (χ3v) is 26.7. The number of hydrogen-bond acceptors (Lipinski definition) is 28. The second-order valence-corrected chi connectivity index (χ2v) is 38.8. The lowest BCUT2D eigenvalue weighted by Gasteiger charge is -2.34. The van der Waals surface area contributed by atoms with Crippen molar-refractivity contribution < 1.29 is 28.6 Å². The van der Waals surface area contributed by atoms with Crippen molar-refractivity contribution in [1.82, 2.24) is 74.3 Å². The van der Waals surface area contributed by atoms with Crippen molar-refractivity contribution in [2.75, 3.05) is 163 Å². The number of aryl methyl sites for hydroxylation is 2. The Kier molecular flexibility index (Phi) is 29.7. The third kappa shape index (κ3) is 23.3. The second-order valence-electron chi connectivity index (χ2n) is 38.8. The normalized spacial score (nSPS) is 19.1. The first-order chi connectivity index (χ1) is 68.0. The zero-order valence-corrected chi connectivity index (χ0v) is 81.9. The lowest BCUT2D eigenvalue weighted by Crippen LogP contribution is -2.50. The van der Waals surface area contributed by atoms with Gasteiger partial charge < -0.3 is 68.5 Å². The number of aromatic nitrogens is 10. The summed E-state index contributed by atoms with van der Waals surface area (Å²) in [5.74, 6) is 9.35. The molecule has 0 spiro atoms. The van der Waals surface area contributed by atoms with Crippen molar-refractivity contribution in [1.29, 1.82) is 0 Å². The van der Waals surface area contributed by atoms with E-state index in [0.717, 1.165) is 153 Å². The number of morpholine rings is 1. The Morgan fingerprint density at radius 1 is 0.443 bits per heavy atom. The second kappa shape index (κ2) is 43.6. The Morgan fingerprint density at radius 3 is 1.30 bits per heavy atom. The quantitative estimate of drug-likeness (QED) is 0.0517. The van der Waals surface area contributed by atoms with Gasteiger partial charge in [-0.1, -0.05) is 230 Å². The fourth-order valence-corrected chi connectivity index (χ4v) is 20.0. The minimum atomic E-state index is -0.551. The molecule has 7 aromatic carbocycles. The van der Waals surface area contributed by atoms with Gasteiger partial charge >= 0.3 is 12.2 Å². The average Bonchev–Trinajstić information content (AvgIpc) is 1.62. The van der Waals surface area contributed by atoms with Crippen molar-refractivity contribution in [3.63, 3.8) is 0 Å². The summed E-state index contributed by atoms with van der Waals surface area (Å²) < 4.78 is 16.4. The maximum Gasteiger partial charge on any atom is 0.411 e. The molecule has 724 valence electrons. The van der Waals surface area contributed by atoms with E-state index in [1.54, 1.807) is 41.4 Å². The van der Waals surface area contributed by atoms with Crippen molar-refractivity contribution in [2.45, 2.75) is 149 Å². The molecule has 10 aliphatic rings. The lowest BCUT2D eigenvalue weighted by molar-refractivity contribution is -0.148. The summed E-state index contributed by atoms with van der Waals surface area (Å²) in [5, 5.41) is 3.35. The van der Waals surface area contributed by atoms with Crippen LogP contribution >= 0.6 is 0 Å². The summed E-state index contributed by atoms with van der Waals surface area (Å²) in [6.07, 6.45) is 13.7. The predicted octanol–water partition coefficient (Wildman–Crippen LogP) is 14.6. The van der Waals surface area contributed by atoms with Gasteiger partial charge in [-0.05, 0) is 73.6 Å². The van der Waals surface area contributed by atoms with Crippen molar-refractivity contribution >= 4 is 76.3 Å². The molecular weight excluding hydrogens is 1760 g/mol. The van der Waals surface area contributed by atoms with E-state index in [4.69, 9.17) is 29.2 Å². The van der Waals surface area contributed by atoms with Crippen molar-refractivity contribution in [3.8, 4) is 0 Å².